The Kier molecular flexibility index (Phi) is 3.86. The molecule has 0 aliphatic rings. The Morgan fingerprint density at radius 3 is 2.55 bits per heavy atom. The minimum atomic E-state index is -4.86. The molecule has 0 saturated heterocycles. The lowest BCUT2D eigenvalue weighted by Gasteiger charge is -2.16. The molecule has 0 saturated carbocycles. The van der Waals surface area contributed by atoms with Crippen LogP contribution in [-0.2, 0) is 10.9 Å². The quantitative estimate of drug-likeness (QED) is 0.642. The number of aliphatic hydroxyl groups is 1. The van der Waals surface area contributed by atoms with Gasteiger partial charge in [0.25, 0.3) is 5.56 Å². The number of hydrogen-bond acceptors (Lipinski definition) is 6. The molecule has 1 atom stereocenters. The van der Waals surface area contributed by atoms with Gasteiger partial charge in [0.1, 0.15) is 16.9 Å². The van der Waals surface area contributed by atoms with Gasteiger partial charge in [-0.3, -0.25) is 9.36 Å². The zero-order valence-electron chi connectivity index (χ0n) is 18.5. The van der Waals surface area contributed by atoms with Crippen molar-refractivity contribution in [3.8, 4) is 5.69 Å². The lowest BCUT2D eigenvalue weighted by Crippen LogP contribution is -2.29. The van der Waals surface area contributed by atoms with E-state index in [0.29, 0.717) is 16.2 Å². The van der Waals surface area contributed by atoms with Crippen molar-refractivity contribution in [1.29, 1.82) is 0 Å². The number of pyridine rings is 2. The van der Waals surface area contributed by atoms with Crippen LogP contribution in [0.3, 0.4) is 0 Å². The zero-order valence-corrected chi connectivity index (χ0v) is 14.5. The maximum atomic E-state index is 13.3. The second-order valence-electron chi connectivity index (χ2n) is 5.99. The SMILES string of the molecule is [2H]CC(O)c1ccc(-n2c(=O)c(C(=O)OC([2H])([2H])[2H])c(N)c3ccc(C(F)(F)F)nc32)cc1. The number of anilines is 1. The molecular weight excluding hydrogens is 391 g/mol. The first kappa shape index (κ1) is 15.5. The van der Waals surface area contributed by atoms with Crippen molar-refractivity contribution < 1.29 is 33.3 Å². The van der Waals surface area contributed by atoms with Gasteiger partial charge < -0.3 is 15.6 Å². The highest BCUT2D eigenvalue weighted by molar-refractivity contribution is 6.03. The van der Waals surface area contributed by atoms with E-state index in [-0.39, 0.29) is 18.0 Å². The number of nitrogens with zero attached hydrogens (tertiary/aromatic N) is 2. The summed E-state index contributed by atoms with van der Waals surface area (Å²) in [6.07, 6.45) is -6.00. The highest BCUT2D eigenvalue weighted by Crippen LogP contribution is 2.31. The van der Waals surface area contributed by atoms with E-state index in [9.17, 15) is 27.9 Å². The third-order valence-electron chi connectivity index (χ3n) is 4.19. The highest BCUT2D eigenvalue weighted by atomic mass is 19.4. The van der Waals surface area contributed by atoms with E-state index in [1.165, 1.54) is 24.3 Å². The van der Waals surface area contributed by atoms with E-state index in [1.807, 2.05) is 0 Å². The first-order valence-electron chi connectivity index (χ1n) is 10.2. The van der Waals surface area contributed by atoms with Gasteiger partial charge in [0.05, 0.1) is 28.6 Å². The number of aromatic nitrogens is 2. The van der Waals surface area contributed by atoms with Crippen molar-refractivity contribution >= 4 is 22.7 Å². The molecule has 2 aromatic heterocycles. The van der Waals surface area contributed by atoms with Crippen LogP contribution in [-0.4, -0.2) is 27.7 Å². The lowest BCUT2D eigenvalue weighted by molar-refractivity contribution is -0.141. The molecule has 29 heavy (non-hydrogen) atoms. The smallest absolute Gasteiger partial charge is 0.433 e. The molecular formula is C19H16F3N3O4. The van der Waals surface area contributed by atoms with Gasteiger partial charge in [0.15, 0.2) is 0 Å². The number of benzene rings is 1. The number of aliphatic hydroxyl groups excluding tert-OH is 1. The minimum absolute atomic E-state index is 0.0549. The van der Waals surface area contributed by atoms with Gasteiger partial charge in [0, 0.05) is 6.76 Å². The molecule has 10 heteroatoms. The van der Waals surface area contributed by atoms with Crippen LogP contribution in [0.2, 0.25) is 0 Å². The molecule has 7 nitrogen and oxygen atoms in total. The first-order valence-corrected chi connectivity index (χ1v) is 7.98. The normalized spacial score (nSPS) is 15.2. The van der Waals surface area contributed by atoms with Crippen molar-refractivity contribution in [2.24, 2.45) is 0 Å². The molecule has 0 aliphatic carbocycles. The van der Waals surface area contributed by atoms with Crippen molar-refractivity contribution in [2.75, 3.05) is 12.8 Å². The fraction of sp³-hybridized carbons (Fsp3) is 0.211. The van der Waals surface area contributed by atoms with Crippen LogP contribution >= 0.6 is 0 Å². The molecule has 0 aliphatic heterocycles. The number of rotatable bonds is 3. The summed E-state index contributed by atoms with van der Waals surface area (Å²) in [6.45, 7) is -0.355. The predicted molar refractivity (Wildman–Crippen MR) is 98.7 cm³/mol. The summed E-state index contributed by atoms with van der Waals surface area (Å²) in [7, 11) is -3.21. The molecule has 1 aromatic carbocycles. The Bertz CT molecular complexity index is 1270. The summed E-state index contributed by atoms with van der Waals surface area (Å²) in [5.74, 6) is -1.59. The number of fused-ring (bicyclic) bond motifs is 1. The molecule has 3 rings (SSSR count). The lowest BCUT2D eigenvalue weighted by atomic mass is 10.1. The van der Waals surface area contributed by atoms with Crippen LogP contribution in [0.5, 0.6) is 0 Å². The van der Waals surface area contributed by atoms with Crippen LogP contribution in [0, 0.1) is 0 Å². The first-order chi connectivity index (χ1) is 15.2. The van der Waals surface area contributed by atoms with Crippen molar-refractivity contribution in [3.63, 3.8) is 0 Å². The third kappa shape index (κ3) is 3.54. The topological polar surface area (TPSA) is 107 Å². The van der Waals surface area contributed by atoms with Gasteiger partial charge in [0.2, 0.25) is 0 Å². The largest absolute Gasteiger partial charge is 0.465 e. The summed E-state index contributed by atoms with van der Waals surface area (Å²) in [4.78, 5) is 29.1. The second kappa shape index (κ2) is 7.21. The second-order valence-corrected chi connectivity index (χ2v) is 5.99. The van der Waals surface area contributed by atoms with E-state index >= 15 is 0 Å². The van der Waals surface area contributed by atoms with E-state index < -0.39 is 53.4 Å². The Balaban J connectivity index is 2.37. The van der Waals surface area contributed by atoms with E-state index in [2.05, 4.69) is 9.72 Å². The van der Waals surface area contributed by atoms with Gasteiger partial charge in [-0.1, -0.05) is 12.1 Å². The van der Waals surface area contributed by atoms with E-state index in [1.54, 1.807) is 0 Å². The van der Waals surface area contributed by atoms with Crippen LogP contribution in [0.1, 0.15) is 40.1 Å². The van der Waals surface area contributed by atoms with Gasteiger partial charge in [-0.2, -0.15) is 13.2 Å². The minimum Gasteiger partial charge on any atom is -0.465 e. The van der Waals surface area contributed by atoms with Gasteiger partial charge in [-0.05, 0) is 36.7 Å². The van der Waals surface area contributed by atoms with Crippen molar-refractivity contribution in [1.82, 2.24) is 9.55 Å². The molecule has 3 aromatic rings. The molecule has 0 amide bonds. The number of nitrogens with two attached hydrogens (primary N) is 1. The summed E-state index contributed by atoms with van der Waals surface area (Å²) in [6, 6.07) is 6.67. The fourth-order valence-corrected chi connectivity index (χ4v) is 2.78. The number of alkyl halides is 3. The van der Waals surface area contributed by atoms with Crippen LogP contribution in [0.15, 0.2) is 41.2 Å². The Hall–Kier alpha value is -3.40. The maximum absolute atomic E-state index is 13.3. The van der Waals surface area contributed by atoms with E-state index in [4.69, 9.17) is 11.2 Å². The summed E-state index contributed by atoms with van der Waals surface area (Å²) in [5.41, 5.74) is 1.49. The summed E-state index contributed by atoms with van der Waals surface area (Å²) in [5, 5.41) is 9.55. The molecule has 1 unspecified atom stereocenters. The third-order valence-corrected chi connectivity index (χ3v) is 4.19. The molecule has 2 heterocycles. The number of esters is 1. The van der Waals surface area contributed by atoms with Crippen LogP contribution in [0.25, 0.3) is 16.7 Å². The Labute approximate surface area is 167 Å². The summed E-state index contributed by atoms with van der Waals surface area (Å²) >= 11 is 0. The molecule has 0 radical (unpaired) electrons. The Morgan fingerprint density at radius 2 is 1.97 bits per heavy atom. The van der Waals surface area contributed by atoms with Gasteiger partial charge in [-0.25, -0.2) is 9.78 Å². The highest BCUT2D eigenvalue weighted by Gasteiger charge is 2.33. The van der Waals surface area contributed by atoms with Crippen LogP contribution < -0.4 is 11.3 Å². The summed E-state index contributed by atoms with van der Waals surface area (Å²) < 4.78 is 73.2. The monoisotopic (exact) mass is 411 g/mol. The molecule has 0 bridgehead atoms. The number of hydrogen-bond donors (Lipinski definition) is 2. The number of halogens is 3. The molecule has 3 N–H and O–H groups in total. The number of ether oxygens (including phenoxy) is 1. The number of nitrogen functional groups attached to an aromatic ring is 1. The number of methoxy groups -OCH3 is 1. The average Bonchev–Trinajstić information content (AvgIpc) is 2.71. The predicted octanol–water partition coefficient (Wildman–Crippen LogP) is 2.83. The maximum Gasteiger partial charge on any atom is 0.433 e. The van der Waals surface area contributed by atoms with Gasteiger partial charge >= 0.3 is 12.1 Å². The van der Waals surface area contributed by atoms with Crippen molar-refractivity contribution in [2.45, 2.75) is 19.2 Å². The van der Waals surface area contributed by atoms with Crippen LogP contribution in [0.4, 0.5) is 18.9 Å². The zero-order chi connectivity index (χ0) is 24.7. The van der Waals surface area contributed by atoms with Crippen molar-refractivity contribution in [3.05, 3.63) is 63.6 Å². The number of carbonyl (C=O) groups excluding carboxylic acids is 1. The fourth-order valence-electron chi connectivity index (χ4n) is 2.78. The molecule has 0 fully saturated rings. The molecule has 152 valence electrons. The average molecular weight is 411 g/mol. The van der Waals surface area contributed by atoms with E-state index in [0.717, 1.165) is 6.07 Å². The standard InChI is InChI=1S/C19H16F3N3O4/c1-9(26)10-3-5-11(6-4-10)25-16-12(7-8-13(24-16)19(20,21)22)15(23)14(17(25)27)18(28)29-2/h3-9,26H,23H2,1-2H3/i1D,2D3. The number of carbonyl (C=O) groups is 1. The Morgan fingerprint density at radius 1 is 1.28 bits per heavy atom. The molecule has 0 spiro atoms. The van der Waals surface area contributed by atoms with Gasteiger partial charge in [-0.15, -0.1) is 0 Å².